The summed E-state index contributed by atoms with van der Waals surface area (Å²) in [5, 5.41) is 2.63. The first-order valence-corrected chi connectivity index (χ1v) is 7.40. The number of halogens is 3. The lowest BCUT2D eigenvalue weighted by Crippen LogP contribution is -2.24. The summed E-state index contributed by atoms with van der Waals surface area (Å²) in [5.41, 5.74) is 7.03. The van der Waals surface area contributed by atoms with Crippen LogP contribution in [0.25, 0.3) is 0 Å². The molecule has 7 heteroatoms. The number of nitrogens with one attached hydrogen (secondary N) is 1. The number of anilines is 1. The average molecular weight is 337 g/mol. The van der Waals surface area contributed by atoms with E-state index in [4.69, 9.17) is 5.73 Å². The highest BCUT2D eigenvalue weighted by Gasteiger charge is 2.32. The van der Waals surface area contributed by atoms with E-state index in [1.165, 1.54) is 23.8 Å². The summed E-state index contributed by atoms with van der Waals surface area (Å²) in [6, 6.07) is 15.6. The Morgan fingerprint density at radius 2 is 1.71 bits per heavy atom. The summed E-state index contributed by atoms with van der Waals surface area (Å²) in [6.45, 7) is 0.468. The Morgan fingerprint density at radius 1 is 1.04 bits per heavy atom. The van der Waals surface area contributed by atoms with Crippen molar-refractivity contribution in [2.24, 2.45) is 10.7 Å². The lowest BCUT2D eigenvalue weighted by Gasteiger charge is -2.14. The Bertz CT molecular complexity index is 672. The van der Waals surface area contributed by atoms with Crippen LogP contribution in [0, 0.1) is 0 Å². The van der Waals surface area contributed by atoms with Crippen LogP contribution in [0.2, 0.25) is 0 Å². The minimum absolute atomic E-state index is 0.0429. The Hall–Kier alpha value is -2.70. The summed E-state index contributed by atoms with van der Waals surface area (Å²) in [4.78, 5) is 4.12. The number of para-hydroxylation sites is 2. The number of aryl methyl sites for hydroxylation is 1. The van der Waals surface area contributed by atoms with Crippen molar-refractivity contribution in [3.63, 3.8) is 0 Å². The molecule has 0 amide bonds. The second-order valence-electron chi connectivity index (χ2n) is 5.03. The van der Waals surface area contributed by atoms with Crippen molar-refractivity contribution in [1.29, 1.82) is 0 Å². The van der Waals surface area contributed by atoms with Gasteiger partial charge in [0.15, 0.2) is 11.7 Å². The molecule has 0 spiro atoms. The van der Waals surface area contributed by atoms with Crippen molar-refractivity contribution in [2.45, 2.75) is 19.2 Å². The zero-order valence-electron chi connectivity index (χ0n) is 12.9. The van der Waals surface area contributed by atoms with Gasteiger partial charge in [0.2, 0.25) is 0 Å². The van der Waals surface area contributed by atoms with Crippen LogP contribution >= 0.6 is 0 Å². The van der Waals surface area contributed by atoms with Gasteiger partial charge in [-0.25, -0.2) is 0 Å². The minimum atomic E-state index is -4.76. The standard InChI is InChI=1S/C17H18F3N3O/c18-17(19,20)24-15-11-5-4-10-14(15)23-16(21)22-12-6-9-13-7-2-1-3-8-13/h1-5,7-8,10-11H,6,9,12H2,(H3,21,22,23). The molecule has 0 aliphatic rings. The number of hydrogen-bond donors (Lipinski definition) is 2. The Balaban J connectivity index is 1.88. The molecular formula is C17H18F3N3O. The average Bonchev–Trinajstić information content (AvgIpc) is 2.53. The van der Waals surface area contributed by atoms with Crippen molar-refractivity contribution in [3.8, 4) is 5.75 Å². The topological polar surface area (TPSA) is 59.6 Å². The van der Waals surface area contributed by atoms with E-state index in [2.05, 4.69) is 15.0 Å². The number of rotatable bonds is 6. The van der Waals surface area contributed by atoms with Crippen molar-refractivity contribution < 1.29 is 17.9 Å². The summed E-state index contributed by atoms with van der Waals surface area (Å²) < 4.78 is 41.0. The van der Waals surface area contributed by atoms with Crippen LogP contribution in [0.4, 0.5) is 18.9 Å². The zero-order valence-corrected chi connectivity index (χ0v) is 12.9. The predicted molar refractivity (Wildman–Crippen MR) is 88.0 cm³/mol. The van der Waals surface area contributed by atoms with Crippen LogP contribution < -0.4 is 15.8 Å². The van der Waals surface area contributed by atoms with E-state index in [0.29, 0.717) is 6.54 Å². The summed E-state index contributed by atoms with van der Waals surface area (Å²) in [6.07, 6.45) is -3.13. The predicted octanol–water partition coefficient (Wildman–Crippen LogP) is 3.94. The van der Waals surface area contributed by atoms with Crippen molar-refractivity contribution in [1.82, 2.24) is 0 Å². The zero-order chi connectivity index (χ0) is 17.4. The van der Waals surface area contributed by atoms with Gasteiger partial charge in [-0.2, -0.15) is 0 Å². The molecule has 24 heavy (non-hydrogen) atoms. The second-order valence-corrected chi connectivity index (χ2v) is 5.03. The molecule has 0 unspecified atom stereocenters. The molecule has 0 aliphatic carbocycles. The van der Waals surface area contributed by atoms with Gasteiger partial charge in [0.1, 0.15) is 0 Å². The Labute approximate surface area is 138 Å². The third-order valence-electron chi connectivity index (χ3n) is 3.12. The maximum absolute atomic E-state index is 12.4. The maximum atomic E-state index is 12.4. The summed E-state index contributed by atoms with van der Waals surface area (Å²) >= 11 is 0. The number of benzene rings is 2. The Kier molecular flexibility index (Phi) is 6.06. The van der Waals surface area contributed by atoms with Crippen molar-refractivity contribution in [2.75, 3.05) is 11.9 Å². The smallest absolute Gasteiger partial charge is 0.404 e. The van der Waals surface area contributed by atoms with Crippen molar-refractivity contribution in [3.05, 3.63) is 60.2 Å². The number of nitrogens with two attached hydrogens (primary N) is 1. The van der Waals surface area contributed by atoms with E-state index < -0.39 is 6.36 Å². The van der Waals surface area contributed by atoms with E-state index in [1.54, 1.807) is 6.07 Å². The van der Waals surface area contributed by atoms with E-state index in [-0.39, 0.29) is 17.4 Å². The van der Waals surface area contributed by atoms with Gasteiger partial charge in [0, 0.05) is 6.54 Å². The van der Waals surface area contributed by atoms with Gasteiger partial charge in [-0.15, -0.1) is 13.2 Å². The molecule has 0 fully saturated rings. The van der Waals surface area contributed by atoms with Gasteiger partial charge in [-0.05, 0) is 30.5 Å². The van der Waals surface area contributed by atoms with Crippen LogP contribution in [0.5, 0.6) is 5.75 Å². The highest BCUT2D eigenvalue weighted by atomic mass is 19.4. The van der Waals surface area contributed by atoms with Crippen LogP contribution in [-0.2, 0) is 6.42 Å². The highest BCUT2D eigenvalue weighted by Crippen LogP contribution is 2.29. The third kappa shape index (κ3) is 6.20. The number of ether oxygens (including phenoxy) is 1. The number of hydrogen-bond acceptors (Lipinski definition) is 2. The Morgan fingerprint density at radius 3 is 2.42 bits per heavy atom. The first kappa shape index (κ1) is 17.7. The largest absolute Gasteiger partial charge is 0.573 e. The van der Waals surface area contributed by atoms with Gasteiger partial charge in [0.05, 0.1) is 5.69 Å². The van der Waals surface area contributed by atoms with Gasteiger partial charge in [-0.3, -0.25) is 4.99 Å². The summed E-state index contributed by atoms with van der Waals surface area (Å²) in [5.74, 6) is -0.311. The van der Waals surface area contributed by atoms with E-state index >= 15 is 0 Å². The van der Waals surface area contributed by atoms with Crippen molar-refractivity contribution >= 4 is 11.6 Å². The molecule has 0 heterocycles. The van der Waals surface area contributed by atoms with Gasteiger partial charge < -0.3 is 15.8 Å². The lowest BCUT2D eigenvalue weighted by atomic mass is 10.1. The van der Waals surface area contributed by atoms with E-state index in [1.807, 2.05) is 30.3 Å². The fourth-order valence-corrected chi connectivity index (χ4v) is 2.09. The molecule has 0 aromatic heterocycles. The number of aliphatic imine (C=N–C) groups is 1. The fraction of sp³-hybridized carbons (Fsp3) is 0.235. The summed E-state index contributed by atoms with van der Waals surface area (Å²) in [7, 11) is 0. The van der Waals surface area contributed by atoms with E-state index in [0.717, 1.165) is 12.8 Å². The minimum Gasteiger partial charge on any atom is -0.404 e. The van der Waals surface area contributed by atoms with Crippen LogP contribution in [-0.4, -0.2) is 18.9 Å². The highest BCUT2D eigenvalue weighted by molar-refractivity contribution is 5.93. The molecule has 4 nitrogen and oxygen atoms in total. The van der Waals surface area contributed by atoms with Crippen LogP contribution in [0.3, 0.4) is 0 Å². The number of nitrogens with zero attached hydrogens (tertiary/aromatic N) is 1. The van der Waals surface area contributed by atoms with Gasteiger partial charge in [-0.1, -0.05) is 42.5 Å². The SMILES string of the molecule is NC(=NCCCc1ccccc1)Nc1ccccc1OC(F)(F)F. The fourth-order valence-electron chi connectivity index (χ4n) is 2.09. The van der Waals surface area contributed by atoms with E-state index in [9.17, 15) is 13.2 Å². The molecule has 3 N–H and O–H groups in total. The molecule has 0 atom stereocenters. The molecule has 0 saturated heterocycles. The number of guanidine groups is 1. The normalized spacial score (nSPS) is 12.0. The quantitative estimate of drug-likeness (QED) is 0.477. The number of alkyl halides is 3. The molecule has 128 valence electrons. The van der Waals surface area contributed by atoms with Gasteiger partial charge >= 0.3 is 6.36 Å². The first-order valence-electron chi connectivity index (χ1n) is 7.40. The monoisotopic (exact) mass is 337 g/mol. The molecule has 0 saturated carbocycles. The lowest BCUT2D eigenvalue weighted by molar-refractivity contribution is -0.274. The second kappa shape index (κ2) is 8.24. The molecule has 2 aromatic rings. The maximum Gasteiger partial charge on any atom is 0.573 e. The molecule has 0 aliphatic heterocycles. The molecule has 2 rings (SSSR count). The van der Waals surface area contributed by atoms with Crippen LogP contribution in [0.1, 0.15) is 12.0 Å². The van der Waals surface area contributed by atoms with Crippen LogP contribution in [0.15, 0.2) is 59.6 Å². The first-order chi connectivity index (χ1) is 11.4. The molecule has 0 radical (unpaired) electrons. The molecule has 2 aromatic carbocycles. The van der Waals surface area contributed by atoms with Gasteiger partial charge in [0.25, 0.3) is 0 Å². The third-order valence-corrected chi connectivity index (χ3v) is 3.12. The molecule has 0 bridgehead atoms. The molecular weight excluding hydrogens is 319 g/mol.